The Hall–Kier alpha value is -1.82. The zero-order chi connectivity index (χ0) is 13.5. The molecule has 2 heterocycles. The molecule has 2 N–H and O–H groups in total. The van der Waals surface area contributed by atoms with Crippen LogP contribution in [0.4, 0.5) is 0 Å². The lowest BCUT2D eigenvalue weighted by Crippen LogP contribution is -2.29. The van der Waals surface area contributed by atoms with Crippen LogP contribution in [0, 0.1) is 0 Å². The third-order valence-electron chi connectivity index (χ3n) is 3.37. The van der Waals surface area contributed by atoms with Crippen LogP contribution in [0.15, 0.2) is 35.3 Å². The summed E-state index contributed by atoms with van der Waals surface area (Å²) < 4.78 is 0.629. The molecule has 0 aliphatic heterocycles. The maximum Gasteiger partial charge on any atom is 0.229 e. The second-order valence-electron chi connectivity index (χ2n) is 4.58. The molecule has 96 valence electrons. The van der Waals surface area contributed by atoms with Crippen LogP contribution in [-0.4, -0.2) is 20.9 Å². The van der Waals surface area contributed by atoms with E-state index in [1.54, 1.807) is 18.6 Å². The van der Waals surface area contributed by atoms with E-state index >= 15 is 0 Å². The molecule has 5 nitrogen and oxygen atoms in total. The van der Waals surface area contributed by atoms with E-state index in [2.05, 4.69) is 30.9 Å². The highest BCUT2D eigenvalue weighted by molar-refractivity contribution is 9.10. The lowest BCUT2D eigenvalue weighted by molar-refractivity contribution is -0.120. The molecule has 0 aromatic carbocycles. The van der Waals surface area contributed by atoms with E-state index in [-0.39, 0.29) is 5.91 Å². The molecular formula is C13H11BrN4O. The maximum absolute atomic E-state index is 11.5. The summed E-state index contributed by atoms with van der Waals surface area (Å²) in [6.45, 7) is 0. The van der Waals surface area contributed by atoms with Crippen molar-refractivity contribution < 1.29 is 4.79 Å². The first-order valence-corrected chi connectivity index (χ1v) is 6.66. The molecule has 2 aromatic heterocycles. The quantitative estimate of drug-likeness (QED) is 0.935. The van der Waals surface area contributed by atoms with Crippen molar-refractivity contribution in [3.8, 4) is 11.3 Å². The zero-order valence-corrected chi connectivity index (χ0v) is 11.6. The fraction of sp³-hybridized carbons (Fsp3) is 0.231. The Morgan fingerprint density at radius 3 is 2.74 bits per heavy atom. The van der Waals surface area contributed by atoms with Crippen LogP contribution in [0.3, 0.4) is 0 Å². The molecule has 1 aliphatic carbocycles. The highest BCUT2D eigenvalue weighted by Crippen LogP contribution is 2.47. The predicted octanol–water partition coefficient (Wildman–Crippen LogP) is 1.82. The molecular weight excluding hydrogens is 308 g/mol. The van der Waals surface area contributed by atoms with Gasteiger partial charge in [-0.3, -0.25) is 9.78 Å². The molecule has 0 spiro atoms. The Labute approximate surface area is 118 Å². The van der Waals surface area contributed by atoms with Crippen molar-refractivity contribution in [2.24, 2.45) is 5.73 Å². The molecule has 1 saturated carbocycles. The number of pyridine rings is 1. The van der Waals surface area contributed by atoms with Gasteiger partial charge in [-0.25, -0.2) is 9.97 Å². The van der Waals surface area contributed by atoms with Gasteiger partial charge < -0.3 is 5.73 Å². The monoisotopic (exact) mass is 318 g/mol. The summed E-state index contributed by atoms with van der Waals surface area (Å²) in [6, 6.07) is 3.73. The van der Waals surface area contributed by atoms with Gasteiger partial charge in [0.05, 0.1) is 17.3 Å². The molecule has 0 atom stereocenters. The Bertz CT molecular complexity index is 640. The van der Waals surface area contributed by atoms with Gasteiger partial charge in [0.1, 0.15) is 10.3 Å². The van der Waals surface area contributed by atoms with Gasteiger partial charge in [0, 0.05) is 18.0 Å². The fourth-order valence-electron chi connectivity index (χ4n) is 2.05. The van der Waals surface area contributed by atoms with Gasteiger partial charge in [0.25, 0.3) is 0 Å². The normalized spacial score (nSPS) is 16.1. The van der Waals surface area contributed by atoms with E-state index in [0.29, 0.717) is 16.0 Å². The number of nitrogens with zero attached hydrogens (tertiary/aromatic N) is 3. The lowest BCUT2D eigenvalue weighted by atomic mass is 10.0. The first kappa shape index (κ1) is 12.2. The number of carbonyl (C=O) groups is 1. The third kappa shape index (κ3) is 2.02. The average molecular weight is 319 g/mol. The van der Waals surface area contributed by atoms with Crippen LogP contribution in [0.1, 0.15) is 18.5 Å². The van der Waals surface area contributed by atoms with Crippen LogP contribution in [-0.2, 0) is 10.2 Å². The molecule has 6 heteroatoms. The summed E-state index contributed by atoms with van der Waals surface area (Å²) in [5.41, 5.74) is 7.01. The topological polar surface area (TPSA) is 81.8 Å². The summed E-state index contributed by atoms with van der Waals surface area (Å²) >= 11 is 3.37. The van der Waals surface area contributed by atoms with Crippen molar-refractivity contribution in [2.45, 2.75) is 18.3 Å². The van der Waals surface area contributed by atoms with Crippen molar-refractivity contribution in [1.29, 1.82) is 0 Å². The molecule has 3 rings (SSSR count). The lowest BCUT2D eigenvalue weighted by Gasteiger charge is -2.12. The van der Waals surface area contributed by atoms with Crippen molar-refractivity contribution in [3.63, 3.8) is 0 Å². The standard InChI is InChI=1S/C13H11BrN4O/c14-11-10(8-2-1-5-16-6-8)18-9(7-17-11)13(3-4-13)12(15)19/h1-2,5-7H,3-4H2,(H2,15,19). The molecule has 2 aromatic rings. The van der Waals surface area contributed by atoms with Crippen molar-refractivity contribution in [3.05, 3.63) is 41.0 Å². The third-order valence-corrected chi connectivity index (χ3v) is 3.96. The number of halogens is 1. The number of nitrogens with two attached hydrogens (primary N) is 1. The van der Waals surface area contributed by atoms with Gasteiger partial charge in [0.2, 0.25) is 5.91 Å². The second-order valence-corrected chi connectivity index (χ2v) is 5.33. The first-order chi connectivity index (χ1) is 9.13. The Balaban J connectivity index is 2.10. The number of aromatic nitrogens is 3. The van der Waals surface area contributed by atoms with Crippen LogP contribution in [0.2, 0.25) is 0 Å². The van der Waals surface area contributed by atoms with Gasteiger partial charge >= 0.3 is 0 Å². The summed E-state index contributed by atoms with van der Waals surface area (Å²) in [5.74, 6) is -0.332. The van der Waals surface area contributed by atoms with Crippen molar-refractivity contribution in [2.75, 3.05) is 0 Å². The highest BCUT2D eigenvalue weighted by Gasteiger charge is 2.51. The summed E-state index contributed by atoms with van der Waals surface area (Å²) in [7, 11) is 0. The number of carbonyl (C=O) groups excluding carboxylic acids is 1. The smallest absolute Gasteiger partial charge is 0.229 e. The molecule has 0 bridgehead atoms. The fourth-order valence-corrected chi connectivity index (χ4v) is 2.47. The number of hydrogen-bond donors (Lipinski definition) is 1. The number of amides is 1. The SMILES string of the molecule is NC(=O)C1(c2cnc(Br)c(-c3cccnc3)n2)CC1. The molecule has 0 radical (unpaired) electrons. The maximum atomic E-state index is 11.5. The van der Waals surface area contributed by atoms with Gasteiger partial charge in [-0.15, -0.1) is 0 Å². The van der Waals surface area contributed by atoms with Gasteiger partial charge in [-0.1, -0.05) is 0 Å². The average Bonchev–Trinajstić information content (AvgIpc) is 3.22. The van der Waals surface area contributed by atoms with E-state index in [4.69, 9.17) is 5.73 Å². The molecule has 1 amide bonds. The van der Waals surface area contributed by atoms with Crippen molar-refractivity contribution >= 4 is 21.8 Å². The van der Waals surface area contributed by atoms with E-state index in [1.165, 1.54) is 0 Å². The number of primary amides is 1. The van der Waals surface area contributed by atoms with Gasteiger partial charge in [0.15, 0.2) is 0 Å². The molecule has 0 saturated heterocycles. The molecule has 0 unspecified atom stereocenters. The molecule has 19 heavy (non-hydrogen) atoms. The summed E-state index contributed by atoms with van der Waals surface area (Å²) in [4.78, 5) is 24.4. The van der Waals surface area contributed by atoms with Crippen LogP contribution in [0.25, 0.3) is 11.3 Å². The van der Waals surface area contributed by atoms with Crippen LogP contribution in [0.5, 0.6) is 0 Å². The minimum atomic E-state index is -0.620. The zero-order valence-electron chi connectivity index (χ0n) is 10.0. The van der Waals surface area contributed by atoms with Crippen LogP contribution < -0.4 is 5.73 Å². The number of hydrogen-bond acceptors (Lipinski definition) is 4. The highest BCUT2D eigenvalue weighted by atomic mass is 79.9. The minimum absolute atomic E-state index is 0.332. The largest absolute Gasteiger partial charge is 0.369 e. The molecule has 1 fully saturated rings. The molecule has 1 aliphatic rings. The Morgan fingerprint density at radius 1 is 1.37 bits per heavy atom. The van der Waals surface area contributed by atoms with Crippen LogP contribution >= 0.6 is 15.9 Å². The van der Waals surface area contributed by atoms with Gasteiger partial charge in [-0.2, -0.15) is 0 Å². The number of rotatable bonds is 3. The Morgan fingerprint density at radius 2 is 2.16 bits per heavy atom. The second kappa shape index (κ2) is 4.38. The van der Waals surface area contributed by atoms with E-state index in [0.717, 1.165) is 18.4 Å². The van der Waals surface area contributed by atoms with Gasteiger partial charge in [-0.05, 0) is 40.9 Å². The first-order valence-electron chi connectivity index (χ1n) is 5.87. The summed E-state index contributed by atoms with van der Waals surface area (Å²) in [5, 5.41) is 0. The predicted molar refractivity (Wildman–Crippen MR) is 73.1 cm³/mol. The van der Waals surface area contributed by atoms with E-state index in [9.17, 15) is 4.79 Å². The minimum Gasteiger partial charge on any atom is -0.369 e. The summed E-state index contributed by atoms with van der Waals surface area (Å²) in [6.07, 6.45) is 6.50. The Kier molecular flexibility index (Phi) is 2.82. The van der Waals surface area contributed by atoms with Crippen molar-refractivity contribution in [1.82, 2.24) is 15.0 Å². The van der Waals surface area contributed by atoms with E-state index in [1.807, 2.05) is 12.1 Å². The van der Waals surface area contributed by atoms with E-state index < -0.39 is 5.41 Å².